The Morgan fingerprint density at radius 1 is 0.875 bits per heavy atom. The third-order valence-corrected chi connectivity index (χ3v) is 7.38. The van der Waals surface area contributed by atoms with Crippen molar-refractivity contribution in [1.29, 1.82) is 0 Å². The Morgan fingerprint density at radius 2 is 1.60 bits per heavy atom. The first-order valence-electron chi connectivity index (χ1n) is 12.3. The van der Waals surface area contributed by atoms with Crippen molar-refractivity contribution in [1.82, 2.24) is 44.5 Å². The quantitative estimate of drug-likeness (QED) is 0.188. The Bertz CT molecular complexity index is 1730. The van der Waals surface area contributed by atoms with Crippen molar-refractivity contribution in [3.63, 3.8) is 0 Å². The summed E-state index contributed by atoms with van der Waals surface area (Å²) in [4.78, 5) is 17.7. The minimum Gasteiger partial charge on any atom is -0.497 e. The van der Waals surface area contributed by atoms with Gasteiger partial charge in [0.1, 0.15) is 18.4 Å². The van der Waals surface area contributed by atoms with Gasteiger partial charge in [-0.15, -0.1) is 15.3 Å². The molecule has 40 heavy (non-hydrogen) atoms. The second-order valence-corrected chi connectivity index (χ2v) is 9.73. The van der Waals surface area contributed by atoms with Crippen LogP contribution >= 0.6 is 11.8 Å². The van der Waals surface area contributed by atoms with Crippen LogP contribution in [-0.2, 0) is 0 Å². The zero-order valence-electron chi connectivity index (χ0n) is 21.6. The number of thioether (sulfide) groups is 1. The van der Waals surface area contributed by atoms with Gasteiger partial charge in [0.05, 0.1) is 24.2 Å². The molecule has 0 amide bonds. The fraction of sp³-hybridized carbons (Fsp3) is 0.107. The molecule has 6 aromatic rings. The molecule has 3 heterocycles. The summed E-state index contributed by atoms with van der Waals surface area (Å²) in [7, 11) is 1.61. The summed E-state index contributed by atoms with van der Waals surface area (Å²) in [6.07, 6.45) is 2.92. The fourth-order valence-electron chi connectivity index (χ4n) is 4.22. The Kier molecular flexibility index (Phi) is 6.89. The highest BCUT2D eigenvalue weighted by Crippen LogP contribution is 2.36. The van der Waals surface area contributed by atoms with Gasteiger partial charge < -0.3 is 4.74 Å². The van der Waals surface area contributed by atoms with Crippen molar-refractivity contribution in [3.8, 4) is 28.6 Å². The second-order valence-electron chi connectivity index (χ2n) is 8.69. The molecule has 0 saturated heterocycles. The van der Waals surface area contributed by atoms with Crippen LogP contribution in [0.3, 0.4) is 0 Å². The number of hydrogen-bond donors (Lipinski definition) is 0. The average Bonchev–Trinajstić information content (AvgIpc) is 3.77. The number of carbonyl (C=O) groups excluding carboxylic acids is 1. The summed E-state index contributed by atoms with van der Waals surface area (Å²) in [5.74, 6) is 1.04. The third kappa shape index (κ3) is 4.76. The number of Topliss-reactive ketones (excluding diaryl/α,β-unsaturated/α-hetero) is 1. The van der Waals surface area contributed by atoms with Crippen LogP contribution in [0.1, 0.15) is 21.4 Å². The monoisotopic (exact) mass is 549 g/mol. The molecule has 0 saturated carbocycles. The van der Waals surface area contributed by atoms with Crippen LogP contribution in [0.4, 0.5) is 0 Å². The van der Waals surface area contributed by atoms with E-state index in [2.05, 4.69) is 30.6 Å². The van der Waals surface area contributed by atoms with E-state index in [1.807, 2.05) is 84.3 Å². The number of para-hydroxylation sites is 1. The third-order valence-electron chi connectivity index (χ3n) is 6.25. The summed E-state index contributed by atoms with van der Waals surface area (Å²) in [6, 6.07) is 26.3. The van der Waals surface area contributed by atoms with Gasteiger partial charge in [-0.3, -0.25) is 9.36 Å². The second kappa shape index (κ2) is 10.9. The van der Waals surface area contributed by atoms with Crippen LogP contribution < -0.4 is 4.74 Å². The molecule has 0 bridgehead atoms. The van der Waals surface area contributed by atoms with E-state index in [1.165, 1.54) is 29.1 Å². The SMILES string of the molecule is COc1ccc(-n2c(SC(C(=O)c3ccccc3)n3cncn3)nnc2-c2nnn(-c3ccccc3)c2C)cc1. The average molecular weight is 550 g/mol. The Labute approximate surface area is 233 Å². The van der Waals surface area contributed by atoms with Crippen molar-refractivity contribution in [2.24, 2.45) is 0 Å². The van der Waals surface area contributed by atoms with E-state index in [1.54, 1.807) is 23.9 Å². The summed E-state index contributed by atoms with van der Waals surface area (Å²) in [6.45, 7) is 1.93. The number of aromatic nitrogens is 9. The number of rotatable bonds is 9. The van der Waals surface area contributed by atoms with Gasteiger partial charge in [-0.25, -0.2) is 14.3 Å². The highest BCUT2D eigenvalue weighted by molar-refractivity contribution is 7.99. The van der Waals surface area contributed by atoms with Gasteiger partial charge in [0.25, 0.3) is 0 Å². The Morgan fingerprint density at radius 3 is 2.27 bits per heavy atom. The van der Waals surface area contributed by atoms with Crippen LogP contribution in [0, 0.1) is 6.92 Å². The topological polar surface area (TPSA) is 118 Å². The van der Waals surface area contributed by atoms with Gasteiger partial charge in [0.2, 0.25) is 0 Å². The maximum absolute atomic E-state index is 13.7. The highest BCUT2D eigenvalue weighted by atomic mass is 32.2. The number of ether oxygens (including phenoxy) is 1. The number of benzene rings is 3. The van der Waals surface area contributed by atoms with E-state index in [-0.39, 0.29) is 5.78 Å². The molecular formula is C28H23N9O2S. The lowest BCUT2D eigenvalue weighted by Gasteiger charge is -2.16. The molecule has 11 nitrogen and oxygen atoms in total. The molecule has 198 valence electrons. The van der Waals surface area contributed by atoms with Crippen molar-refractivity contribution < 1.29 is 9.53 Å². The minimum absolute atomic E-state index is 0.145. The summed E-state index contributed by atoms with van der Waals surface area (Å²) in [5, 5.41) is 21.9. The lowest BCUT2D eigenvalue weighted by Crippen LogP contribution is -2.18. The molecule has 0 radical (unpaired) electrons. The van der Waals surface area contributed by atoms with Crippen molar-refractivity contribution in [2.45, 2.75) is 17.5 Å². The van der Waals surface area contributed by atoms with Crippen LogP contribution in [0.15, 0.2) is 103 Å². The van der Waals surface area contributed by atoms with E-state index < -0.39 is 5.37 Å². The predicted octanol–water partition coefficient (Wildman–Crippen LogP) is 4.60. The standard InChI is InChI=1S/C28H23N9O2S/c1-19-24(31-34-37(19)22-11-7-4-8-12-22)26-32-33-28(36(26)21-13-15-23(39-2)16-14-21)40-27(35-18-29-17-30-35)25(38)20-9-5-3-6-10-20/h3-18,27H,1-2H3. The van der Waals surface area contributed by atoms with Crippen LogP contribution in [-0.4, -0.2) is 57.4 Å². The Balaban J connectivity index is 1.47. The van der Waals surface area contributed by atoms with Gasteiger partial charge in [0.15, 0.2) is 27.8 Å². The van der Waals surface area contributed by atoms with E-state index in [9.17, 15) is 4.79 Å². The van der Waals surface area contributed by atoms with E-state index in [4.69, 9.17) is 4.74 Å². The van der Waals surface area contributed by atoms with Gasteiger partial charge >= 0.3 is 0 Å². The van der Waals surface area contributed by atoms with E-state index in [0.717, 1.165) is 17.1 Å². The van der Waals surface area contributed by atoms with E-state index in [0.29, 0.717) is 28.0 Å². The number of carbonyl (C=O) groups is 1. The summed E-state index contributed by atoms with van der Waals surface area (Å²) < 4.78 is 10.5. The zero-order chi connectivity index (χ0) is 27.5. The molecular weight excluding hydrogens is 526 g/mol. The van der Waals surface area contributed by atoms with Crippen LogP contribution in [0.25, 0.3) is 22.9 Å². The molecule has 3 aromatic heterocycles. The van der Waals surface area contributed by atoms with Gasteiger partial charge in [-0.05, 0) is 43.3 Å². The number of ketones is 1. The zero-order valence-corrected chi connectivity index (χ0v) is 22.4. The number of hydrogen-bond acceptors (Lipinski definition) is 9. The molecule has 0 aliphatic rings. The number of nitrogens with zero attached hydrogens (tertiary/aromatic N) is 9. The molecule has 0 fully saturated rings. The fourth-order valence-corrected chi connectivity index (χ4v) is 5.27. The van der Waals surface area contributed by atoms with Crippen LogP contribution in [0.2, 0.25) is 0 Å². The summed E-state index contributed by atoms with van der Waals surface area (Å²) in [5.41, 5.74) is 3.54. The van der Waals surface area contributed by atoms with Crippen molar-refractivity contribution in [2.75, 3.05) is 7.11 Å². The highest BCUT2D eigenvalue weighted by Gasteiger charge is 2.29. The van der Waals surface area contributed by atoms with Crippen molar-refractivity contribution in [3.05, 3.63) is 109 Å². The van der Waals surface area contributed by atoms with E-state index >= 15 is 0 Å². The molecule has 6 rings (SSSR count). The lowest BCUT2D eigenvalue weighted by molar-refractivity contribution is 0.0962. The number of methoxy groups -OCH3 is 1. The maximum atomic E-state index is 13.7. The molecule has 1 unspecified atom stereocenters. The molecule has 12 heteroatoms. The normalized spacial score (nSPS) is 11.8. The first-order chi connectivity index (χ1) is 19.6. The lowest BCUT2D eigenvalue weighted by atomic mass is 10.1. The molecule has 0 N–H and O–H groups in total. The van der Waals surface area contributed by atoms with Crippen molar-refractivity contribution >= 4 is 17.5 Å². The first kappa shape index (κ1) is 25.2. The van der Waals surface area contributed by atoms with Crippen LogP contribution in [0.5, 0.6) is 5.75 Å². The minimum atomic E-state index is -0.778. The van der Waals surface area contributed by atoms with Gasteiger partial charge in [0, 0.05) is 5.56 Å². The smallest absolute Gasteiger partial charge is 0.198 e. The summed E-state index contributed by atoms with van der Waals surface area (Å²) >= 11 is 1.22. The van der Waals surface area contributed by atoms with Gasteiger partial charge in [-0.1, -0.05) is 65.5 Å². The van der Waals surface area contributed by atoms with Gasteiger partial charge in [-0.2, -0.15) is 5.10 Å². The molecule has 0 aliphatic heterocycles. The maximum Gasteiger partial charge on any atom is 0.198 e. The first-order valence-corrected chi connectivity index (χ1v) is 13.2. The molecule has 3 aromatic carbocycles. The molecule has 0 aliphatic carbocycles. The largest absolute Gasteiger partial charge is 0.497 e. The molecule has 0 spiro atoms. The Hall–Kier alpha value is -5.10. The molecule has 1 atom stereocenters. The predicted molar refractivity (Wildman–Crippen MR) is 149 cm³/mol.